The van der Waals surface area contributed by atoms with Crippen LogP contribution in [0.2, 0.25) is 0 Å². The van der Waals surface area contributed by atoms with Crippen LogP contribution in [0.4, 0.5) is 19.3 Å². The number of benzene rings is 1. The lowest BCUT2D eigenvalue weighted by Crippen LogP contribution is -2.69. The Morgan fingerprint density at radius 3 is 2.54 bits per heavy atom. The molecule has 4 rings (SSSR count). The minimum absolute atomic E-state index is 0.000928. The molecule has 0 aliphatic carbocycles. The molecule has 1 unspecified atom stereocenters. The molecule has 2 saturated heterocycles. The zero-order valence-corrected chi connectivity index (χ0v) is 19.4. The van der Waals surface area contributed by atoms with Crippen molar-refractivity contribution < 1.29 is 27.9 Å². The number of halogens is 2. The van der Waals surface area contributed by atoms with Crippen LogP contribution < -0.4 is 26.2 Å². The number of hydrogen-bond donors (Lipinski definition) is 4. The number of pyridine rings is 1. The van der Waals surface area contributed by atoms with E-state index in [-0.39, 0.29) is 24.7 Å². The molecule has 2 aromatic rings. The van der Waals surface area contributed by atoms with Crippen molar-refractivity contribution in [2.24, 2.45) is 0 Å². The second-order valence-corrected chi connectivity index (χ2v) is 8.83. The molecule has 0 saturated carbocycles. The number of carbonyl (C=O) groups is 3. The Balaban J connectivity index is 1.66. The predicted molar refractivity (Wildman–Crippen MR) is 122 cm³/mol. The van der Waals surface area contributed by atoms with Crippen molar-refractivity contribution in [3.63, 3.8) is 0 Å². The van der Waals surface area contributed by atoms with Crippen LogP contribution in [0.25, 0.3) is 0 Å². The van der Waals surface area contributed by atoms with E-state index < -0.39 is 41.9 Å². The molecule has 0 bridgehead atoms. The Kier molecular flexibility index (Phi) is 6.57. The van der Waals surface area contributed by atoms with Crippen molar-refractivity contribution >= 4 is 23.5 Å². The van der Waals surface area contributed by atoms with Gasteiger partial charge in [0.2, 0.25) is 11.8 Å². The highest BCUT2D eigenvalue weighted by atomic mass is 19.3. The number of anilines is 1. The summed E-state index contributed by atoms with van der Waals surface area (Å²) >= 11 is 0. The van der Waals surface area contributed by atoms with Gasteiger partial charge in [-0.3, -0.25) is 15.0 Å². The van der Waals surface area contributed by atoms with E-state index in [4.69, 9.17) is 0 Å². The Morgan fingerprint density at radius 1 is 1.20 bits per heavy atom. The number of urea groups is 1. The third-order valence-corrected chi connectivity index (χ3v) is 6.07. The van der Waals surface area contributed by atoms with Gasteiger partial charge in [-0.15, -0.1) is 0 Å². The van der Waals surface area contributed by atoms with Gasteiger partial charge in [0.05, 0.1) is 0 Å². The molecule has 1 atom stereocenters. The Labute approximate surface area is 200 Å². The summed E-state index contributed by atoms with van der Waals surface area (Å²) in [6.07, 6.45) is -0.962. The highest BCUT2D eigenvalue weighted by Gasteiger charge is 2.54. The van der Waals surface area contributed by atoms with Crippen molar-refractivity contribution in [3.8, 4) is 5.88 Å². The smallest absolute Gasteiger partial charge is 0.388 e. The topological polar surface area (TPSA) is 125 Å². The number of aromatic nitrogens is 1. The molecule has 10 nitrogen and oxygen atoms in total. The molecule has 2 aliphatic heterocycles. The van der Waals surface area contributed by atoms with Crippen LogP contribution in [0.5, 0.6) is 5.88 Å². The number of nitrogens with one attached hydrogen (secondary N) is 4. The number of nitrogens with zero attached hydrogens (tertiary/aromatic N) is 2. The van der Waals surface area contributed by atoms with Crippen LogP contribution in [-0.4, -0.2) is 53.6 Å². The van der Waals surface area contributed by atoms with Gasteiger partial charge in [0, 0.05) is 18.8 Å². The molecule has 3 heterocycles. The summed E-state index contributed by atoms with van der Waals surface area (Å²) in [4.78, 5) is 43.4. The number of aryl methyl sites for hydroxylation is 1. The first kappa shape index (κ1) is 24.3. The summed E-state index contributed by atoms with van der Waals surface area (Å²) in [6.45, 7) is 2.54. The van der Waals surface area contributed by atoms with Gasteiger partial charge in [-0.05, 0) is 36.1 Å². The normalized spacial score (nSPS) is 18.7. The Bertz CT molecular complexity index is 1150. The second kappa shape index (κ2) is 9.45. The van der Waals surface area contributed by atoms with Gasteiger partial charge < -0.3 is 20.3 Å². The van der Waals surface area contributed by atoms with Gasteiger partial charge in [-0.2, -0.15) is 8.78 Å². The maximum absolute atomic E-state index is 13.7. The van der Waals surface area contributed by atoms with E-state index in [9.17, 15) is 23.2 Å². The summed E-state index contributed by atoms with van der Waals surface area (Å²) in [5.41, 5.74) is 5.80. The fraction of sp³-hybridized carbons (Fsp3) is 0.391. The zero-order valence-electron chi connectivity index (χ0n) is 19.4. The molecular formula is C23H26F2N6O4. The lowest BCUT2D eigenvalue weighted by Gasteiger charge is -2.50. The average Bonchev–Trinajstić information content (AvgIpc) is 3.21. The van der Waals surface area contributed by atoms with Crippen LogP contribution in [-0.2, 0) is 15.0 Å². The molecule has 12 heteroatoms. The van der Waals surface area contributed by atoms with Crippen molar-refractivity contribution in [1.82, 2.24) is 26.1 Å². The Hall–Kier alpha value is -3.80. The first-order chi connectivity index (χ1) is 16.6. The quantitative estimate of drug-likeness (QED) is 0.473. The summed E-state index contributed by atoms with van der Waals surface area (Å²) in [7, 11) is 0. The first-order valence-corrected chi connectivity index (χ1v) is 11.0. The Morgan fingerprint density at radius 2 is 1.91 bits per heavy atom. The number of hydrogen-bond acceptors (Lipinski definition) is 6. The van der Waals surface area contributed by atoms with E-state index in [1.54, 1.807) is 13.0 Å². The van der Waals surface area contributed by atoms with Crippen LogP contribution in [0.3, 0.4) is 0 Å². The van der Waals surface area contributed by atoms with E-state index >= 15 is 0 Å². The second-order valence-electron chi connectivity index (χ2n) is 8.83. The SMILES string of the molecule is Cc1ccc(NC(=O)C2(c3ccccc3C(C)C)CN(C(=O)C3NNC(=O)N3)C2)c(OC(F)F)n1. The molecule has 4 N–H and O–H groups in total. The maximum atomic E-state index is 13.7. The van der Waals surface area contributed by atoms with E-state index in [0.717, 1.165) is 11.1 Å². The number of alkyl halides is 2. The lowest BCUT2D eigenvalue weighted by molar-refractivity contribution is -0.146. The summed E-state index contributed by atoms with van der Waals surface area (Å²) in [5.74, 6) is -1.20. The van der Waals surface area contributed by atoms with Gasteiger partial charge in [0.1, 0.15) is 11.1 Å². The van der Waals surface area contributed by atoms with E-state index in [0.29, 0.717) is 5.69 Å². The summed E-state index contributed by atoms with van der Waals surface area (Å²) < 4.78 is 30.4. The van der Waals surface area contributed by atoms with Gasteiger partial charge >= 0.3 is 12.6 Å². The van der Waals surface area contributed by atoms with Gasteiger partial charge in [0.15, 0.2) is 6.17 Å². The fourth-order valence-electron chi connectivity index (χ4n) is 4.32. The molecular weight excluding hydrogens is 462 g/mol. The van der Waals surface area contributed by atoms with Gasteiger partial charge in [-0.25, -0.2) is 15.2 Å². The lowest BCUT2D eigenvalue weighted by atomic mass is 9.69. The standard InChI is InChI=1S/C23H26F2N6O4/c1-12(2)14-6-4-5-7-15(14)23(10-31(11-23)19(32)17-28-22(34)30-29-17)20(33)27-16-9-8-13(3)26-18(16)35-21(24)25/h4-9,12,17,21,29H,10-11H2,1-3H3,(H,27,33)(H2,28,30,34). The van der Waals surface area contributed by atoms with E-state index in [1.165, 1.54) is 11.0 Å². The number of rotatable bonds is 7. The van der Waals surface area contributed by atoms with Crippen molar-refractivity contribution in [2.75, 3.05) is 18.4 Å². The van der Waals surface area contributed by atoms with Crippen LogP contribution in [0, 0.1) is 6.92 Å². The van der Waals surface area contributed by atoms with Gasteiger partial charge in [-0.1, -0.05) is 38.1 Å². The largest absolute Gasteiger partial charge is 0.415 e. The number of amides is 4. The highest BCUT2D eigenvalue weighted by molar-refractivity contribution is 6.03. The van der Waals surface area contributed by atoms with Crippen molar-refractivity contribution in [1.29, 1.82) is 0 Å². The van der Waals surface area contributed by atoms with Crippen LogP contribution in [0.15, 0.2) is 36.4 Å². The molecule has 2 fully saturated rings. The summed E-state index contributed by atoms with van der Waals surface area (Å²) in [5, 5.41) is 5.14. The molecule has 2 aliphatic rings. The molecule has 0 spiro atoms. The monoisotopic (exact) mass is 488 g/mol. The minimum Gasteiger partial charge on any atom is -0.415 e. The number of likely N-dealkylation sites (tertiary alicyclic amines) is 1. The highest BCUT2D eigenvalue weighted by Crippen LogP contribution is 2.40. The molecule has 0 radical (unpaired) electrons. The molecule has 1 aromatic heterocycles. The molecule has 186 valence electrons. The summed E-state index contributed by atoms with van der Waals surface area (Å²) in [6, 6.07) is 9.91. The molecule has 4 amide bonds. The van der Waals surface area contributed by atoms with Crippen LogP contribution in [0.1, 0.15) is 36.6 Å². The number of ether oxygens (including phenoxy) is 1. The minimum atomic E-state index is -3.12. The molecule has 1 aromatic carbocycles. The van der Waals surface area contributed by atoms with Crippen molar-refractivity contribution in [3.05, 3.63) is 53.2 Å². The number of hydrazine groups is 1. The predicted octanol–water partition coefficient (Wildman–Crippen LogP) is 1.98. The fourth-order valence-corrected chi connectivity index (χ4v) is 4.32. The van der Waals surface area contributed by atoms with E-state index in [2.05, 4.69) is 31.2 Å². The number of carbonyl (C=O) groups excluding carboxylic acids is 3. The zero-order chi connectivity index (χ0) is 25.3. The average molecular weight is 488 g/mol. The van der Waals surface area contributed by atoms with E-state index in [1.807, 2.05) is 38.1 Å². The third kappa shape index (κ3) is 4.74. The first-order valence-electron chi connectivity index (χ1n) is 11.0. The van der Waals surface area contributed by atoms with Gasteiger partial charge in [0.25, 0.3) is 5.91 Å². The third-order valence-electron chi connectivity index (χ3n) is 6.07. The van der Waals surface area contributed by atoms with Crippen LogP contribution >= 0.6 is 0 Å². The molecule has 35 heavy (non-hydrogen) atoms. The van der Waals surface area contributed by atoms with Crippen molar-refractivity contribution in [2.45, 2.75) is 44.9 Å². The maximum Gasteiger partial charge on any atom is 0.388 e.